The first kappa shape index (κ1) is 21.1. The van der Waals surface area contributed by atoms with Gasteiger partial charge in [-0.25, -0.2) is 4.98 Å². The summed E-state index contributed by atoms with van der Waals surface area (Å²) in [5, 5.41) is 0. The summed E-state index contributed by atoms with van der Waals surface area (Å²) in [6.07, 6.45) is 4.37. The van der Waals surface area contributed by atoms with Gasteiger partial charge in [0.25, 0.3) is 5.91 Å². The van der Waals surface area contributed by atoms with Crippen molar-refractivity contribution in [2.45, 2.75) is 25.3 Å². The fraction of sp³-hybridized carbons (Fsp3) is 0.682. The van der Waals surface area contributed by atoms with Gasteiger partial charge in [-0.1, -0.05) is 0 Å². The normalized spacial score (nSPS) is 25.0. The lowest BCUT2D eigenvalue weighted by molar-refractivity contribution is -0.137. The maximum atomic E-state index is 13.1. The number of pyridine rings is 1. The lowest BCUT2D eigenvalue weighted by Gasteiger charge is -2.39. The molecule has 1 aromatic rings. The summed E-state index contributed by atoms with van der Waals surface area (Å²) in [7, 11) is 5.75. The van der Waals surface area contributed by atoms with Crippen LogP contribution in [0.5, 0.6) is 5.88 Å². The van der Waals surface area contributed by atoms with E-state index in [0.29, 0.717) is 11.4 Å². The SMILES string of the molecule is COc1ccc(C(=O)N2CCC3(CC2)CC(C(=O)N2CCN(C)CC2)N(C)C3)cn1. The van der Waals surface area contributed by atoms with Gasteiger partial charge in [-0.3, -0.25) is 14.5 Å². The van der Waals surface area contributed by atoms with Crippen LogP contribution in [0.1, 0.15) is 29.6 Å². The topological polar surface area (TPSA) is 69.2 Å². The Balaban J connectivity index is 1.34. The van der Waals surface area contributed by atoms with E-state index in [-0.39, 0.29) is 23.3 Å². The predicted octanol–water partition coefficient (Wildman–Crippen LogP) is 0.791. The fourth-order valence-corrected chi connectivity index (χ4v) is 5.14. The van der Waals surface area contributed by atoms with E-state index < -0.39 is 0 Å². The fourth-order valence-electron chi connectivity index (χ4n) is 5.14. The minimum Gasteiger partial charge on any atom is -0.481 e. The zero-order chi connectivity index (χ0) is 21.3. The van der Waals surface area contributed by atoms with Crippen LogP contribution in [0.15, 0.2) is 18.3 Å². The highest BCUT2D eigenvalue weighted by atomic mass is 16.5. The Morgan fingerprint density at radius 3 is 2.33 bits per heavy atom. The zero-order valence-corrected chi connectivity index (χ0v) is 18.3. The third kappa shape index (κ3) is 4.16. The number of carbonyl (C=O) groups is 2. The lowest BCUT2D eigenvalue weighted by Crippen LogP contribution is -2.52. The molecule has 2 amide bonds. The Morgan fingerprint density at radius 1 is 1.03 bits per heavy atom. The number of piperazine rings is 1. The Bertz CT molecular complexity index is 767. The van der Waals surface area contributed by atoms with E-state index in [1.807, 2.05) is 9.80 Å². The van der Waals surface area contributed by atoms with Gasteiger partial charge in [0.05, 0.1) is 18.7 Å². The molecule has 3 aliphatic heterocycles. The minimum atomic E-state index is -0.0264. The molecule has 3 fully saturated rings. The maximum absolute atomic E-state index is 13.1. The van der Waals surface area contributed by atoms with E-state index in [0.717, 1.165) is 65.1 Å². The number of ether oxygens (including phenoxy) is 1. The third-order valence-electron chi connectivity index (χ3n) is 7.15. The lowest BCUT2D eigenvalue weighted by atomic mass is 9.76. The molecule has 4 rings (SSSR count). The van der Waals surface area contributed by atoms with Crippen molar-refractivity contribution >= 4 is 11.8 Å². The number of methoxy groups -OCH3 is 1. The van der Waals surface area contributed by atoms with Crippen LogP contribution in [0.4, 0.5) is 0 Å². The van der Waals surface area contributed by atoms with Crippen LogP contribution in [0.25, 0.3) is 0 Å². The molecule has 0 aliphatic carbocycles. The Labute approximate surface area is 178 Å². The summed E-state index contributed by atoms with van der Waals surface area (Å²) in [6.45, 7) is 5.94. The van der Waals surface area contributed by atoms with Gasteiger partial charge in [-0.05, 0) is 44.8 Å². The number of amides is 2. The Kier molecular flexibility index (Phi) is 5.97. The summed E-state index contributed by atoms with van der Waals surface area (Å²) < 4.78 is 5.07. The van der Waals surface area contributed by atoms with Crippen LogP contribution in [0.3, 0.4) is 0 Å². The molecule has 164 valence electrons. The van der Waals surface area contributed by atoms with Crippen LogP contribution in [-0.4, -0.2) is 109 Å². The summed E-state index contributed by atoms with van der Waals surface area (Å²) in [4.78, 5) is 38.6. The monoisotopic (exact) mass is 415 g/mol. The first-order valence-electron chi connectivity index (χ1n) is 10.9. The summed E-state index contributed by atoms with van der Waals surface area (Å²) >= 11 is 0. The second-order valence-electron chi connectivity index (χ2n) is 9.15. The van der Waals surface area contributed by atoms with Crippen molar-refractivity contribution in [1.82, 2.24) is 24.6 Å². The molecule has 30 heavy (non-hydrogen) atoms. The number of piperidine rings is 1. The van der Waals surface area contributed by atoms with Crippen molar-refractivity contribution in [3.8, 4) is 5.88 Å². The summed E-state index contributed by atoms with van der Waals surface area (Å²) in [5.74, 6) is 0.816. The van der Waals surface area contributed by atoms with Gasteiger partial charge < -0.3 is 19.4 Å². The van der Waals surface area contributed by atoms with Gasteiger partial charge in [0.1, 0.15) is 0 Å². The molecule has 0 aromatic carbocycles. The standard InChI is InChI=1S/C22H33N5O3/c1-24-10-12-27(13-11-24)21(29)18-14-22(16-25(18)2)6-8-26(9-7-22)20(28)17-4-5-19(30-3)23-15-17/h4-5,15,18H,6-14,16H2,1-3H3. The Morgan fingerprint density at radius 2 is 1.73 bits per heavy atom. The zero-order valence-electron chi connectivity index (χ0n) is 18.3. The molecule has 8 nitrogen and oxygen atoms in total. The second kappa shape index (κ2) is 8.51. The quantitative estimate of drug-likeness (QED) is 0.727. The van der Waals surface area contributed by atoms with Gasteiger partial charge in [-0.15, -0.1) is 0 Å². The first-order chi connectivity index (χ1) is 14.4. The number of aromatic nitrogens is 1. The number of nitrogens with zero attached hydrogens (tertiary/aromatic N) is 5. The average molecular weight is 416 g/mol. The van der Waals surface area contributed by atoms with Crippen molar-refractivity contribution in [2.24, 2.45) is 5.41 Å². The third-order valence-corrected chi connectivity index (χ3v) is 7.15. The molecule has 0 saturated carbocycles. The number of likely N-dealkylation sites (N-methyl/N-ethyl adjacent to an activating group) is 2. The van der Waals surface area contributed by atoms with Crippen LogP contribution < -0.4 is 4.74 Å². The number of hydrogen-bond acceptors (Lipinski definition) is 6. The molecule has 0 bridgehead atoms. The second-order valence-corrected chi connectivity index (χ2v) is 9.15. The van der Waals surface area contributed by atoms with Crippen molar-refractivity contribution in [3.05, 3.63) is 23.9 Å². The summed E-state index contributed by atoms with van der Waals surface area (Å²) in [6, 6.07) is 3.47. The minimum absolute atomic E-state index is 0.0245. The molecule has 1 atom stereocenters. The first-order valence-corrected chi connectivity index (χ1v) is 10.9. The van der Waals surface area contributed by atoms with Crippen molar-refractivity contribution in [1.29, 1.82) is 0 Å². The number of likely N-dealkylation sites (tertiary alicyclic amines) is 2. The molecular weight excluding hydrogens is 382 g/mol. The van der Waals surface area contributed by atoms with E-state index in [4.69, 9.17) is 4.74 Å². The van der Waals surface area contributed by atoms with Gasteiger partial charge in [-0.2, -0.15) is 0 Å². The van der Waals surface area contributed by atoms with Crippen molar-refractivity contribution in [2.75, 3.05) is 67.0 Å². The van der Waals surface area contributed by atoms with Crippen LogP contribution in [0.2, 0.25) is 0 Å². The van der Waals surface area contributed by atoms with Gasteiger partial charge in [0.2, 0.25) is 11.8 Å². The van der Waals surface area contributed by atoms with Gasteiger partial charge >= 0.3 is 0 Å². The van der Waals surface area contributed by atoms with E-state index in [9.17, 15) is 9.59 Å². The maximum Gasteiger partial charge on any atom is 0.255 e. The highest BCUT2D eigenvalue weighted by molar-refractivity contribution is 5.94. The van der Waals surface area contributed by atoms with E-state index in [1.54, 1.807) is 25.4 Å². The highest BCUT2D eigenvalue weighted by Crippen LogP contribution is 2.43. The molecule has 8 heteroatoms. The molecular formula is C22H33N5O3. The van der Waals surface area contributed by atoms with Crippen LogP contribution >= 0.6 is 0 Å². The number of rotatable bonds is 3. The molecule has 0 radical (unpaired) electrons. The van der Waals surface area contributed by atoms with Crippen LogP contribution in [-0.2, 0) is 4.79 Å². The molecule has 1 spiro atoms. The van der Waals surface area contributed by atoms with Crippen molar-refractivity contribution in [3.63, 3.8) is 0 Å². The molecule has 1 aromatic heterocycles. The molecule has 0 N–H and O–H groups in total. The van der Waals surface area contributed by atoms with Gasteiger partial charge in [0, 0.05) is 58.1 Å². The average Bonchev–Trinajstić information content (AvgIpc) is 3.09. The van der Waals surface area contributed by atoms with Gasteiger partial charge in [0.15, 0.2) is 0 Å². The number of carbonyl (C=O) groups excluding carboxylic acids is 2. The molecule has 1 unspecified atom stereocenters. The molecule has 4 heterocycles. The van der Waals surface area contributed by atoms with E-state index in [2.05, 4.69) is 28.9 Å². The predicted molar refractivity (Wildman–Crippen MR) is 113 cm³/mol. The molecule has 3 saturated heterocycles. The highest BCUT2D eigenvalue weighted by Gasteiger charge is 2.48. The smallest absolute Gasteiger partial charge is 0.255 e. The Hall–Kier alpha value is -2.19. The largest absolute Gasteiger partial charge is 0.481 e. The molecule has 3 aliphatic rings. The van der Waals surface area contributed by atoms with Crippen molar-refractivity contribution < 1.29 is 14.3 Å². The van der Waals surface area contributed by atoms with E-state index >= 15 is 0 Å². The van der Waals surface area contributed by atoms with E-state index in [1.165, 1.54) is 0 Å². The van der Waals surface area contributed by atoms with Crippen LogP contribution in [0, 0.1) is 5.41 Å². The number of hydrogen-bond donors (Lipinski definition) is 0. The summed E-state index contributed by atoms with van der Waals surface area (Å²) in [5.41, 5.74) is 0.731.